The van der Waals surface area contributed by atoms with Crippen molar-refractivity contribution in [2.45, 2.75) is 53.0 Å². The average molecular weight is 304 g/mol. The van der Waals surface area contributed by atoms with E-state index in [1.165, 1.54) is 5.01 Å². The third-order valence-electron chi connectivity index (χ3n) is 2.76. The Balaban J connectivity index is 4.97. The summed E-state index contributed by atoms with van der Waals surface area (Å²) in [4.78, 5) is 23.6. The van der Waals surface area contributed by atoms with E-state index in [-0.39, 0.29) is 25.9 Å². The molecule has 1 atom stereocenters. The van der Waals surface area contributed by atoms with E-state index >= 15 is 0 Å². The Hall–Kier alpha value is -1.50. The van der Waals surface area contributed by atoms with E-state index in [4.69, 9.17) is 14.6 Å². The number of hydrogen-bond donors (Lipinski definition) is 2. The first-order chi connectivity index (χ1) is 9.96. The Morgan fingerprint density at radius 2 is 1.81 bits per heavy atom. The fourth-order valence-electron chi connectivity index (χ4n) is 1.96. The molecule has 0 spiro atoms. The summed E-state index contributed by atoms with van der Waals surface area (Å²) >= 11 is 0. The molecule has 0 bridgehead atoms. The predicted molar refractivity (Wildman–Crippen MR) is 78.6 cm³/mol. The molecule has 0 aliphatic rings. The molecule has 0 fully saturated rings. The molecule has 0 saturated heterocycles. The van der Waals surface area contributed by atoms with Crippen molar-refractivity contribution in [3.8, 4) is 0 Å². The molecule has 0 aliphatic carbocycles. The van der Waals surface area contributed by atoms with Crippen LogP contribution in [-0.2, 0) is 9.47 Å². The molecule has 0 saturated carbocycles. The van der Waals surface area contributed by atoms with E-state index in [1.807, 2.05) is 13.8 Å². The van der Waals surface area contributed by atoms with Crippen molar-refractivity contribution in [3.05, 3.63) is 0 Å². The summed E-state index contributed by atoms with van der Waals surface area (Å²) < 4.78 is 9.79. The summed E-state index contributed by atoms with van der Waals surface area (Å²) in [6.45, 7) is 7.91. The van der Waals surface area contributed by atoms with Crippen LogP contribution in [-0.4, -0.2) is 48.2 Å². The second-order valence-corrected chi connectivity index (χ2v) is 5.05. The van der Waals surface area contributed by atoms with Crippen LogP contribution in [0.5, 0.6) is 0 Å². The maximum atomic E-state index is 12.0. The largest absolute Gasteiger partial charge is 0.449 e. The molecule has 124 valence electrons. The fourth-order valence-corrected chi connectivity index (χ4v) is 1.96. The first-order valence-corrected chi connectivity index (χ1v) is 7.46. The molecule has 2 N–H and O–H groups in total. The third kappa shape index (κ3) is 8.39. The number of carbonyl (C=O) groups is 2. The molecular weight excluding hydrogens is 276 g/mol. The lowest BCUT2D eigenvalue weighted by Gasteiger charge is -2.31. The second-order valence-electron chi connectivity index (χ2n) is 5.05. The quantitative estimate of drug-likeness (QED) is 0.672. The molecule has 21 heavy (non-hydrogen) atoms. The van der Waals surface area contributed by atoms with Crippen molar-refractivity contribution in [1.82, 2.24) is 10.4 Å². The smallest absolute Gasteiger partial charge is 0.429 e. The zero-order valence-corrected chi connectivity index (χ0v) is 13.4. The Morgan fingerprint density at radius 3 is 2.29 bits per heavy atom. The standard InChI is InChI=1S/C14H28N2O5/c1-5-20-13(18)15-16(14(19)21-6-2)12(8-7-9-17)10-11(3)4/h11-12,17H,5-10H2,1-4H3,(H,15,18)/t12-/m0/s1. The highest BCUT2D eigenvalue weighted by molar-refractivity contribution is 5.74. The van der Waals surface area contributed by atoms with E-state index in [0.717, 1.165) is 0 Å². The number of nitrogens with one attached hydrogen (secondary N) is 1. The summed E-state index contributed by atoms with van der Waals surface area (Å²) in [7, 11) is 0. The highest BCUT2D eigenvalue weighted by Crippen LogP contribution is 2.16. The molecule has 0 aromatic carbocycles. The summed E-state index contributed by atoms with van der Waals surface area (Å²) in [5.41, 5.74) is 2.43. The number of rotatable bonds is 8. The van der Waals surface area contributed by atoms with Crippen LogP contribution < -0.4 is 5.43 Å². The van der Waals surface area contributed by atoms with E-state index in [1.54, 1.807) is 13.8 Å². The number of nitrogens with zero attached hydrogens (tertiary/aromatic N) is 1. The van der Waals surface area contributed by atoms with Gasteiger partial charge < -0.3 is 14.6 Å². The molecular formula is C14H28N2O5. The van der Waals surface area contributed by atoms with Gasteiger partial charge in [-0.15, -0.1) is 0 Å². The number of hydrogen-bond acceptors (Lipinski definition) is 5. The molecule has 7 heteroatoms. The molecule has 0 aromatic rings. The molecule has 0 rings (SSSR count). The van der Waals surface area contributed by atoms with Crippen molar-refractivity contribution >= 4 is 12.2 Å². The Kier molecular flexibility index (Phi) is 10.4. The summed E-state index contributed by atoms with van der Waals surface area (Å²) in [5.74, 6) is 0.328. The molecule has 0 unspecified atom stereocenters. The lowest BCUT2D eigenvalue weighted by molar-refractivity contribution is 0.0465. The second kappa shape index (κ2) is 11.2. The van der Waals surface area contributed by atoms with Gasteiger partial charge in [0.05, 0.1) is 19.3 Å². The van der Waals surface area contributed by atoms with Crippen molar-refractivity contribution < 1.29 is 24.2 Å². The first kappa shape index (κ1) is 19.5. The minimum absolute atomic E-state index is 0.0324. The van der Waals surface area contributed by atoms with Crippen molar-refractivity contribution in [2.24, 2.45) is 5.92 Å². The SMILES string of the molecule is CCOC(=O)NN(C(=O)OCC)[C@@H](CCCO)CC(C)C. The Bertz CT molecular complexity index is 310. The number of amides is 2. The first-order valence-electron chi connectivity index (χ1n) is 7.46. The minimum atomic E-state index is -0.691. The van der Waals surface area contributed by atoms with E-state index in [0.29, 0.717) is 25.2 Å². The highest BCUT2D eigenvalue weighted by atomic mass is 16.6. The van der Waals surface area contributed by atoms with Gasteiger partial charge in [0.25, 0.3) is 0 Å². The van der Waals surface area contributed by atoms with Crippen LogP contribution in [0.4, 0.5) is 9.59 Å². The molecule has 0 heterocycles. The number of aliphatic hydroxyl groups is 1. The lowest BCUT2D eigenvalue weighted by atomic mass is 9.99. The number of aliphatic hydroxyl groups excluding tert-OH is 1. The van der Waals surface area contributed by atoms with Gasteiger partial charge in [0.15, 0.2) is 0 Å². The normalized spacial score (nSPS) is 11.9. The van der Waals surface area contributed by atoms with Gasteiger partial charge in [-0.05, 0) is 39.0 Å². The number of hydrazine groups is 1. The Labute approximate surface area is 126 Å². The van der Waals surface area contributed by atoms with Crippen molar-refractivity contribution in [2.75, 3.05) is 19.8 Å². The third-order valence-corrected chi connectivity index (χ3v) is 2.76. The topological polar surface area (TPSA) is 88.1 Å². The maximum absolute atomic E-state index is 12.0. The van der Waals surface area contributed by atoms with Gasteiger partial charge in [0.1, 0.15) is 0 Å². The molecule has 7 nitrogen and oxygen atoms in total. The molecule has 0 aliphatic heterocycles. The van der Waals surface area contributed by atoms with Gasteiger partial charge in [-0.2, -0.15) is 0 Å². The lowest BCUT2D eigenvalue weighted by Crippen LogP contribution is -2.52. The van der Waals surface area contributed by atoms with Crippen molar-refractivity contribution in [3.63, 3.8) is 0 Å². The van der Waals surface area contributed by atoms with Gasteiger partial charge in [0, 0.05) is 6.61 Å². The van der Waals surface area contributed by atoms with Crippen LogP contribution in [0.2, 0.25) is 0 Å². The zero-order chi connectivity index (χ0) is 16.3. The fraction of sp³-hybridized carbons (Fsp3) is 0.857. The molecule has 2 amide bonds. The maximum Gasteiger partial charge on any atom is 0.429 e. The van der Waals surface area contributed by atoms with Crippen molar-refractivity contribution in [1.29, 1.82) is 0 Å². The monoisotopic (exact) mass is 304 g/mol. The van der Waals surface area contributed by atoms with Crippen LogP contribution in [0, 0.1) is 5.92 Å². The Morgan fingerprint density at radius 1 is 1.19 bits per heavy atom. The zero-order valence-electron chi connectivity index (χ0n) is 13.4. The van der Waals surface area contributed by atoms with Crippen LogP contribution in [0.1, 0.15) is 47.0 Å². The van der Waals surface area contributed by atoms with Gasteiger partial charge in [-0.1, -0.05) is 13.8 Å². The van der Waals surface area contributed by atoms with E-state index < -0.39 is 12.2 Å². The van der Waals surface area contributed by atoms with Gasteiger partial charge in [0.2, 0.25) is 0 Å². The van der Waals surface area contributed by atoms with E-state index in [2.05, 4.69) is 5.43 Å². The van der Waals surface area contributed by atoms with Crippen LogP contribution in [0.15, 0.2) is 0 Å². The summed E-state index contributed by atoms with van der Waals surface area (Å²) in [6, 6.07) is -0.249. The molecule has 0 aromatic heterocycles. The summed E-state index contributed by atoms with van der Waals surface area (Å²) in [6.07, 6.45) is 0.487. The van der Waals surface area contributed by atoms with Gasteiger partial charge in [-0.3, -0.25) is 0 Å². The van der Waals surface area contributed by atoms with Crippen LogP contribution in [0.25, 0.3) is 0 Å². The minimum Gasteiger partial charge on any atom is -0.449 e. The van der Waals surface area contributed by atoms with E-state index in [9.17, 15) is 9.59 Å². The highest BCUT2D eigenvalue weighted by Gasteiger charge is 2.27. The number of carbonyl (C=O) groups excluding carboxylic acids is 2. The number of ether oxygens (including phenoxy) is 2. The van der Waals surface area contributed by atoms with Crippen LogP contribution in [0.3, 0.4) is 0 Å². The molecule has 0 radical (unpaired) electrons. The predicted octanol–water partition coefficient (Wildman–Crippen LogP) is 2.29. The van der Waals surface area contributed by atoms with Gasteiger partial charge >= 0.3 is 12.2 Å². The van der Waals surface area contributed by atoms with Crippen LogP contribution >= 0.6 is 0 Å². The van der Waals surface area contributed by atoms with Gasteiger partial charge in [-0.25, -0.2) is 20.0 Å². The summed E-state index contributed by atoms with van der Waals surface area (Å²) in [5, 5.41) is 10.2. The average Bonchev–Trinajstić information content (AvgIpc) is 2.41.